The number of hydrogen-bond acceptors (Lipinski definition) is 1. The molecule has 0 aromatic rings. The zero-order valence-corrected chi connectivity index (χ0v) is 20.9. The Hall–Kier alpha value is -0.300. The molecule has 30 heavy (non-hydrogen) atoms. The minimum absolute atomic E-state index is 0.108. The number of fused-ring (bicyclic) bond motifs is 5. The maximum absolute atomic E-state index is 11.2. The molecule has 10 unspecified atom stereocenters. The molecule has 1 heteroatoms. The Kier molecular flexibility index (Phi) is 6.53. The minimum atomic E-state index is -0.108. The first-order chi connectivity index (χ1) is 14.2. The van der Waals surface area contributed by atoms with Gasteiger partial charge in [-0.25, -0.2) is 0 Å². The SMILES string of the molecule is CCC(CCC(C)C1CCC2C3CC(O)C4C=CCCC4(C)C3CCC12C)C(C)C. The molecule has 172 valence electrons. The van der Waals surface area contributed by atoms with Gasteiger partial charge in [0.05, 0.1) is 6.10 Å². The molecular weight excluding hydrogens is 364 g/mol. The first-order valence-corrected chi connectivity index (χ1v) is 13.6. The van der Waals surface area contributed by atoms with Gasteiger partial charge in [0.1, 0.15) is 0 Å². The van der Waals surface area contributed by atoms with E-state index >= 15 is 0 Å². The Balaban J connectivity index is 1.49. The van der Waals surface area contributed by atoms with E-state index in [2.05, 4.69) is 53.7 Å². The van der Waals surface area contributed by atoms with Gasteiger partial charge in [-0.1, -0.05) is 66.5 Å². The quantitative estimate of drug-likeness (QED) is 0.438. The normalized spacial score (nSPS) is 47.5. The highest BCUT2D eigenvalue weighted by molar-refractivity contribution is 5.15. The van der Waals surface area contributed by atoms with Crippen LogP contribution in [0, 0.1) is 58.2 Å². The largest absolute Gasteiger partial charge is 0.392 e. The van der Waals surface area contributed by atoms with E-state index in [-0.39, 0.29) is 6.10 Å². The van der Waals surface area contributed by atoms with Gasteiger partial charge in [0.2, 0.25) is 0 Å². The second-order valence-electron chi connectivity index (χ2n) is 12.9. The van der Waals surface area contributed by atoms with Crippen LogP contribution in [0.5, 0.6) is 0 Å². The highest BCUT2D eigenvalue weighted by atomic mass is 16.3. The average molecular weight is 415 g/mol. The Bertz CT molecular complexity index is 622. The summed E-state index contributed by atoms with van der Waals surface area (Å²) < 4.78 is 0. The van der Waals surface area contributed by atoms with Crippen LogP contribution in [0.4, 0.5) is 0 Å². The maximum Gasteiger partial charge on any atom is 0.0611 e. The zero-order valence-electron chi connectivity index (χ0n) is 20.9. The van der Waals surface area contributed by atoms with Crippen molar-refractivity contribution in [3.05, 3.63) is 12.2 Å². The number of aliphatic hydroxyl groups is 1. The van der Waals surface area contributed by atoms with E-state index in [9.17, 15) is 5.11 Å². The van der Waals surface area contributed by atoms with Gasteiger partial charge in [-0.3, -0.25) is 0 Å². The van der Waals surface area contributed by atoms with Gasteiger partial charge in [0, 0.05) is 5.92 Å². The second kappa shape index (κ2) is 8.57. The molecule has 4 aliphatic rings. The van der Waals surface area contributed by atoms with E-state index in [4.69, 9.17) is 0 Å². The third kappa shape index (κ3) is 3.64. The molecule has 0 radical (unpaired) electrons. The lowest BCUT2D eigenvalue weighted by Crippen LogP contribution is -2.56. The topological polar surface area (TPSA) is 20.2 Å². The van der Waals surface area contributed by atoms with Crippen LogP contribution in [0.1, 0.15) is 106 Å². The van der Waals surface area contributed by atoms with E-state index in [0.29, 0.717) is 16.7 Å². The summed E-state index contributed by atoms with van der Waals surface area (Å²) in [5, 5.41) is 11.2. The molecule has 4 rings (SSSR count). The van der Waals surface area contributed by atoms with Crippen molar-refractivity contribution in [1.82, 2.24) is 0 Å². The van der Waals surface area contributed by atoms with Gasteiger partial charge in [0.25, 0.3) is 0 Å². The van der Waals surface area contributed by atoms with Crippen LogP contribution < -0.4 is 0 Å². The lowest BCUT2D eigenvalue weighted by Gasteiger charge is -2.61. The molecule has 0 aromatic heterocycles. The number of rotatable bonds is 6. The van der Waals surface area contributed by atoms with E-state index in [0.717, 1.165) is 47.8 Å². The van der Waals surface area contributed by atoms with Gasteiger partial charge >= 0.3 is 0 Å². The number of aliphatic hydroxyl groups excluding tert-OH is 1. The van der Waals surface area contributed by atoms with Crippen LogP contribution in [0.3, 0.4) is 0 Å². The predicted octanol–water partition coefficient (Wildman–Crippen LogP) is 7.88. The zero-order chi connectivity index (χ0) is 21.7. The van der Waals surface area contributed by atoms with Crippen molar-refractivity contribution < 1.29 is 5.11 Å². The summed E-state index contributed by atoms with van der Waals surface area (Å²) in [6, 6.07) is 0. The molecular formula is C29H50O. The van der Waals surface area contributed by atoms with Gasteiger partial charge < -0.3 is 5.11 Å². The molecule has 3 saturated carbocycles. The van der Waals surface area contributed by atoms with E-state index in [1.807, 2.05) is 0 Å². The molecule has 0 spiro atoms. The summed E-state index contributed by atoms with van der Waals surface area (Å²) in [5.74, 6) is 6.37. The Labute approximate surface area is 187 Å². The van der Waals surface area contributed by atoms with E-state index in [1.54, 1.807) is 0 Å². The average Bonchev–Trinajstić information content (AvgIpc) is 3.05. The van der Waals surface area contributed by atoms with Crippen LogP contribution in [-0.4, -0.2) is 11.2 Å². The first kappa shape index (κ1) is 22.9. The standard InChI is InChI=1S/C29H50O/c1-7-21(19(2)3)12-11-20(4)23-13-14-24-22-18-27(30)26-10-8-9-16-28(26,5)25(22)15-17-29(23,24)6/h8,10,19-27,30H,7,9,11-18H2,1-6H3. The summed E-state index contributed by atoms with van der Waals surface area (Å²) >= 11 is 0. The smallest absolute Gasteiger partial charge is 0.0611 e. The lowest BCUT2D eigenvalue weighted by atomic mass is 9.44. The summed E-state index contributed by atoms with van der Waals surface area (Å²) in [6.07, 6.45) is 18.1. The van der Waals surface area contributed by atoms with Crippen LogP contribution in [-0.2, 0) is 0 Å². The monoisotopic (exact) mass is 414 g/mol. The molecule has 10 atom stereocenters. The fraction of sp³-hybridized carbons (Fsp3) is 0.931. The summed E-state index contributed by atoms with van der Waals surface area (Å²) in [4.78, 5) is 0. The Morgan fingerprint density at radius 2 is 1.70 bits per heavy atom. The van der Waals surface area contributed by atoms with E-state index < -0.39 is 0 Å². The molecule has 4 aliphatic carbocycles. The molecule has 0 aromatic carbocycles. The van der Waals surface area contributed by atoms with Crippen molar-refractivity contribution in [2.45, 2.75) is 112 Å². The summed E-state index contributed by atoms with van der Waals surface area (Å²) in [5.41, 5.74) is 0.862. The van der Waals surface area contributed by atoms with Crippen LogP contribution >= 0.6 is 0 Å². The molecule has 3 fully saturated rings. The van der Waals surface area contributed by atoms with Gasteiger partial charge in [-0.05, 0) is 104 Å². The number of hydrogen-bond donors (Lipinski definition) is 1. The highest BCUT2D eigenvalue weighted by Crippen LogP contribution is 2.67. The second-order valence-corrected chi connectivity index (χ2v) is 12.9. The molecule has 0 amide bonds. The summed E-state index contributed by atoms with van der Waals surface area (Å²) in [6.45, 7) is 15.0. The molecule has 0 bridgehead atoms. The van der Waals surface area contributed by atoms with Crippen molar-refractivity contribution in [1.29, 1.82) is 0 Å². The lowest BCUT2D eigenvalue weighted by molar-refractivity contribution is -0.137. The molecule has 0 saturated heterocycles. The van der Waals surface area contributed by atoms with Crippen LogP contribution in [0.2, 0.25) is 0 Å². The molecule has 1 nitrogen and oxygen atoms in total. The van der Waals surface area contributed by atoms with Crippen molar-refractivity contribution >= 4 is 0 Å². The number of allylic oxidation sites excluding steroid dienone is 1. The fourth-order valence-corrected chi connectivity index (χ4v) is 9.55. The van der Waals surface area contributed by atoms with Gasteiger partial charge in [-0.2, -0.15) is 0 Å². The third-order valence-electron chi connectivity index (χ3n) is 11.4. The maximum atomic E-state index is 11.2. The Morgan fingerprint density at radius 1 is 0.967 bits per heavy atom. The molecule has 0 heterocycles. The highest BCUT2D eigenvalue weighted by Gasteiger charge is 2.61. The third-order valence-corrected chi connectivity index (χ3v) is 11.4. The van der Waals surface area contributed by atoms with Crippen molar-refractivity contribution in [3.8, 4) is 0 Å². The van der Waals surface area contributed by atoms with Crippen molar-refractivity contribution in [3.63, 3.8) is 0 Å². The van der Waals surface area contributed by atoms with Gasteiger partial charge in [-0.15, -0.1) is 0 Å². The van der Waals surface area contributed by atoms with Gasteiger partial charge in [0.15, 0.2) is 0 Å². The fourth-order valence-electron chi connectivity index (χ4n) is 9.55. The first-order valence-electron chi connectivity index (χ1n) is 13.6. The van der Waals surface area contributed by atoms with Crippen molar-refractivity contribution in [2.75, 3.05) is 0 Å². The molecule has 0 aliphatic heterocycles. The summed E-state index contributed by atoms with van der Waals surface area (Å²) in [7, 11) is 0. The predicted molar refractivity (Wildman–Crippen MR) is 128 cm³/mol. The molecule has 1 N–H and O–H groups in total. The Morgan fingerprint density at radius 3 is 2.40 bits per heavy atom. The van der Waals surface area contributed by atoms with Crippen molar-refractivity contribution in [2.24, 2.45) is 58.2 Å². The van der Waals surface area contributed by atoms with Crippen LogP contribution in [0.15, 0.2) is 12.2 Å². The minimum Gasteiger partial charge on any atom is -0.392 e. The van der Waals surface area contributed by atoms with E-state index in [1.165, 1.54) is 57.8 Å². The van der Waals surface area contributed by atoms with Crippen LogP contribution in [0.25, 0.3) is 0 Å².